The van der Waals surface area contributed by atoms with Gasteiger partial charge >= 0.3 is 5.97 Å². The van der Waals surface area contributed by atoms with Crippen LogP contribution >= 0.6 is 0 Å². The van der Waals surface area contributed by atoms with Gasteiger partial charge in [0, 0.05) is 6.42 Å². The van der Waals surface area contributed by atoms with Crippen LogP contribution in [0.2, 0.25) is 0 Å². The molecule has 6 nitrogen and oxygen atoms in total. The van der Waals surface area contributed by atoms with E-state index in [-0.39, 0.29) is 32.1 Å². The molecular formula is C9H15N2O4. The van der Waals surface area contributed by atoms with Crippen LogP contribution in [0.1, 0.15) is 13.3 Å². The monoisotopic (exact) mass is 215 g/mol. The van der Waals surface area contributed by atoms with Crippen LogP contribution in [0.15, 0.2) is 0 Å². The first-order chi connectivity index (χ1) is 7.20. The highest BCUT2D eigenvalue weighted by atomic mass is 16.7. The van der Waals surface area contributed by atoms with Gasteiger partial charge in [0.25, 0.3) is 0 Å². The fourth-order valence-corrected chi connectivity index (χ4v) is 0.586. The van der Waals surface area contributed by atoms with E-state index in [9.17, 15) is 9.90 Å². The summed E-state index contributed by atoms with van der Waals surface area (Å²) < 4.78 is 4.67. The number of carbonyl (C=O) groups excluding carboxylic acids is 1. The first-order valence-corrected chi connectivity index (χ1v) is 4.52. The summed E-state index contributed by atoms with van der Waals surface area (Å²) in [5.41, 5.74) is 5.77. The zero-order valence-electron chi connectivity index (χ0n) is 8.60. The van der Waals surface area contributed by atoms with Gasteiger partial charge in [0.05, 0.1) is 6.54 Å². The first kappa shape index (κ1) is 13.9. The van der Waals surface area contributed by atoms with Gasteiger partial charge in [-0.25, -0.2) is 5.43 Å². The molecule has 1 unspecified atom stereocenters. The molecule has 0 aliphatic heterocycles. The lowest BCUT2D eigenvalue weighted by Gasteiger charge is -2.10. The van der Waals surface area contributed by atoms with Gasteiger partial charge in [0.15, 0.2) is 0 Å². The van der Waals surface area contributed by atoms with Gasteiger partial charge in [0.2, 0.25) is 0 Å². The molecule has 0 fully saturated rings. The van der Waals surface area contributed by atoms with E-state index in [0.29, 0.717) is 0 Å². The third-order valence-corrected chi connectivity index (χ3v) is 1.30. The van der Waals surface area contributed by atoms with E-state index in [2.05, 4.69) is 26.5 Å². The number of hydrogen-bond acceptors (Lipinski definition) is 5. The van der Waals surface area contributed by atoms with E-state index in [4.69, 9.17) is 6.42 Å². The molecule has 2 N–H and O–H groups in total. The van der Waals surface area contributed by atoms with Crippen molar-refractivity contribution in [2.45, 2.75) is 19.4 Å². The minimum Gasteiger partial charge on any atom is -0.463 e. The van der Waals surface area contributed by atoms with Crippen LogP contribution in [-0.2, 0) is 14.4 Å². The maximum absolute atomic E-state index is 10.7. The summed E-state index contributed by atoms with van der Waals surface area (Å²) in [5, 5.41) is 9.22. The predicted octanol–water partition coefficient (Wildman–Crippen LogP) is -1.03. The molecule has 0 bridgehead atoms. The molecule has 0 amide bonds. The van der Waals surface area contributed by atoms with Gasteiger partial charge in [-0.2, -0.15) is 0 Å². The molecule has 1 radical (unpaired) electrons. The number of rotatable bonds is 8. The summed E-state index contributed by atoms with van der Waals surface area (Å²) >= 11 is 0. The minimum atomic E-state index is -0.892. The molecule has 0 saturated heterocycles. The SMILES string of the molecule is C#CCN[N]OCC(O)COC(=O)CC. The molecule has 0 aliphatic carbocycles. The first-order valence-electron chi connectivity index (χ1n) is 4.52. The Hall–Kier alpha value is -1.13. The lowest BCUT2D eigenvalue weighted by molar-refractivity contribution is -0.148. The van der Waals surface area contributed by atoms with Crippen LogP contribution in [0.25, 0.3) is 0 Å². The van der Waals surface area contributed by atoms with Crippen molar-refractivity contribution in [2.24, 2.45) is 0 Å². The zero-order chi connectivity index (χ0) is 11.5. The van der Waals surface area contributed by atoms with Crippen LogP contribution in [0, 0.1) is 12.3 Å². The molecule has 15 heavy (non-hydrogen) atoms. The van der Waals surface area contributed by atoms with E-state index < -0.39 is 6.10 Å². The van der Waals surface area contributed by atoms with Crippen molar-refractivity contribution in [3.63, 3.8) is 0 Å². The topological polar surface area (TPSA) is 81.9 Å². The van der Waals surface area contributed by atoms with E-state index in [1.807, 2.05) is 0 Å². The predicted molar refractivity (Wildman–Crippen MR) is 52.2 cm³/mol. The molecule has 6 heteroatoms. The van der Waals surface area contributed by atoms with Crippen molar-refractivity contribution in [3.05, 3.63) is 0 Å². The molecule has 1 atom stereocenters. The minimum absolute atomic E-state index is 0.0609. The number of nitrogens with zero attached hydrogens (tertiary/aromatic N) is 1. The summed E-state index contributed by atoms with van der Waals surface area (Å²) in [6.45, 7) is 1.76. The third kappa shape index (κ3) is 9.18. The molecular weight excluding hydrogens is 200 g/mol. The Labute approximate surface area is 88.9 Å². The number of aliphatic hydroxyl groups excluding tert-OH is 1. The van der Waals surface area contributed by atoms with Crippen molar-refractivity contribution in [2.75, 3.05) is 19.8 Å². The van der Waals surface area contributed by atoms with Crippen LogP contribution < -0.4 is 11.0 Å². The number of esters is 1. The van der Waals surface area contributed by atoms with E-state index in [0.717, 1.165) is 0 Å². The normalized spacial score (nSPS) is 11.8. The second-order valence-corrected chi connectivity index (χ2v) is 2.62. The molecule has 85 valence electrons. The lowest BCUT2D eigenvalue weighted by Crippen LogP contribution is -2.30. The number of carbonyl (C=O) groups is 1. The van der Waals surface area contributed by atoms with Gasteiger partial charge in [-0.1, -0.05) is 12.8 Å². The maximum atomic E-state index is 10.7. The number of hydrogen-bond donors (Lipinski definition) is 2. The van der Waals surface area contributed by atoms with Crippen molar-refractivity contribution >= 4 is 5.97 Å². The van der Waals surface area contributed by atoms with Crippen molar-refractivity contribution in [1.82, 2.24) is 11.0 Å². The average molecular weight is 215 g/mol. The largest absolute Gasteiger partial charge is 0.463 e. The number of aliphatic hydroxyl groups is 1. The van der Waals surface area contributed by atoms with Gasteiger partial charge < -0.3 is 9.84 Å². The summed E-state index contributed by atoms with van der Waals surface area (Å²) in [6.07, 6.45) is 4.32. The molecule has 0 heterocycles. The van der Waals surface area contributed by atoms with Crippen LogP contribution in [0.5, 0.6) is 0 Å². The average Bonchev–Trinajstić information content (AvgIpc) is 2.25. The second-order valence-electron chi connectivity index (χ2n) is 2.62. The Morgan fingerprint density at radius 3 is 3.00 bits per heavy atom. The Morgan fingerprint density at radius 1 is 1.67 bits per heavy atom. The van der Waals surface area contributed by atoms with E-state index in [1.54, 1.807) is 6.92 Å². The summed E-state index contributed by atoms with van der Waals surface area (Å²) in [6, 6.07) is 0. The van der Waals surface area contributed by atoms with Crippen LogP contribution in [-0.4, -0.2) is 36.9 Å². The third-order valence-electron chi connectivity index (χ3n) is 1.30. The quantitative estimate of drug-likeness (QED) is 0.234. The number of nitrogens with one attached hydrogen (secondary N) is 1. The Kier molecular flexibility index (Phi) is 8.72. The molecule has 0 rings (SSSR count). The lowest BCUT2D eigenvalue weighted by atomic mass is 10.4. The second kappa shape index (κ2) is 9.43. The van der Waals surface area contributed by atoms with Gasteiger partial charge in [-0.05, 0) is 5.59 Å². The highest BCUT2D eigenvalue weighted by Gasteiger charge is 2.07. The Morgan fingerprint density at radius 2 is 2.40 bits per heavy atom. The highest BCUT2D eigenvalue weighted by Crippen LogP contribution is 1.89. The molecule has 0 aromatic carbocycles. The van der Waals surface area contributed by atoms with Gasteiger partial charge in [0.1, 0.15) is 19.3 Å². The van der Waals surface area contributed by atoms with Crippen LogP contribution in [0.4, 0.5) is 0 Å². The zero-order valence-corrected chi connectivity index (χ0v) is 8.60. The standard InChI is InChI=1S/C9H15N2O4/c1-3-5-10-11-15-7-8(12)6-14-9(13)4-2/h1,8,10,12H,4-7H2,2H3. The summed E-state index contributed by atoms with van der Waals surface area (Å²) in [5.74, 6) is 1.92. The highest BCUT2D eigenvalue weighted by molar-refractivity contribution is 5.68. The molecule has 0 aromatic heterocycles. The van der Waals surface area contributed by atoms with E-state index in [1.165, 1.54) is 0 Å². The maximum Gasteiger partial charge on any atom is 0.305 e. The van der Waals surface area contributed by atoms with Crippen molar-refractivity contribution in [1.29, 1.82) is 0 Å². The summed E-state index contributed by atoms with van der Waals surface area (Å²) in [7, 11) is 0. The number of terminal acetylenes is 1. The van der Waals surface area contributed by atoms with Gasteiger partial charge in [-0.3, -0.25) is 9.63 Å². The van der Waals surface area contributed by atoms with E-state index >= 15 is 0 Å². The van der Waals surface area contributed by atoms with Crippen molar-refractivity contribution < 1.29 is 19.5 Å². The molecule has 0 spiro atoms. The Bertz CT molecular complexity index is 215. The molecule has 0 aromatic rings. The summed E-state index contributed by atoms with van der Waals surface area (Å²) in [4.78, 5) is 15.3. The fourth-order valence-electron chi connectivity index (χ4n) is 0.586. The van der Waals surface area contributed by atoms with Gasteiger partial charge in [-0.15, -0.1) is 6.42 Å². The molecule has 0 aliphatic rings. The van der Waals surface area contributed by atoms with Crippen LogP contribution in [0.3, 0.4) is 0 Å². The molecule has 0 saturated carbocycles. The smallest absolute Gasteiger partial charge is 0.305 e. The Balaban J connectivity index is 3.30. The fraction of sp³-hybridized carbons (Fsp3) is 0.667. The number of ether oxygens (including phenoxy) is 1. The van der Waals surface area contributed by atoms with Crippen molar-refractivity contribution in [3.8, 4) is 12.3 Å².